The highest BCUT2D eigenvalue weighted by atomic mass is 31.2. The zero-order valence-corrected chi connectivity index (χ0v) is 34.4. The molecule has 0 aromatic carbocycles. The van der Waals surface area contributed by atoms with Gasteiger partial charge in [-0.1, -0.05) is 127 Å². The molecule has 4 N–H and O–H groups in total. The molecular formula is C42H74NO10P. The standard InChI is InChI=1S/C42H74NO10P/c1-3-5-7-9-11-13-15-17-18-19-20-22-23-25-27-29-31-33-40(44)50-35-38(36-51-54(48,49)52-37-39(43)42(46)47)53-41(45)34-32-30-28-26-24-21-16-14-12-10-8-6-4-2/h11,13-14,16-18,20,22,38-39H,3-10,12,15,19,21,23-37,43H2,1-2H3,(H,46,47)(H,48,49)/t38-,39+/m1/s1. The molecule has 0 aliphatic heterocycles. The third kappa shape index (κ3) is 36.4. The number of hydrogen-bond donors (Lipinski definition) is 3. The van der Waals surface area contributed by atoms with Gasteiger partial charge in [0.1, 0.15) is 12.6 Å². The van der Waals surface area contributed by atoms with Gasteiger partial charge in [-0.05, 0) is 77.0 Å². The van der Waals surface area contributed by atoms with Crippen LogP contribution in [0.2, 0.25) is 0 Å². The van der Waals surface area contributed by atoms with E-state index in [2.05, 4.69) is 67.0 Å². The number of phosphoric ester groups is 1. The third-order valence-electron chi connectivity index (χ3n) is 8.55. The Morgan fingerprint density at radius 2 is 0.981 bits per heavy atom. The molecule has 54 heavy (non-hydrogen) atoms. The molecule has 312 valence electrons. The van der Waals surface area contributed by atoms with Crippen molar-refractivity contribution in [1.82, 2.24) is 0 Å². The first kappa shape index (κ1) is 51.4. The van der Waals surface area contributed by atoms with E-state index in [0.717, 1.165) is 83.5 Å². The maximum atomic E-state index is 12.6. The maximum absolute atomic E-state index is 12.6. The molecule has 0 fully saturated rings. The summed E-state index contributed by atoms with van der Waals surface area (Å²) in [5, 5.41) is 8.87. The highest BCUT2D eigenvalue weighted by molar-refractivity contribution is 7.47. The van der Waals surface area contributed by atoms with Crippen LogP contribution < -0.4 is 5.73 Å². The van der Waals surface area contributed by atoms with E-state index < -0.39 is 51.1 Å². The van der Waals surface area contributed by atoms with Crippen molar-refractivity contribution in [1.29, 1.82) is 0 Å². The Hall–Kier alpha value is -2.56. The minimum absolute atomic E-state index is 0.144. The van der Waals surface area contributed by atoms with Crippen molar-refractivity contribution in [2.24, 2.45) is 5.73 Å². The van der Waals surface area contributed by atoms with Crippen molar-refractivity contribution in [3.63, 3.8) is 0 Å². The topological polar surface area (TPSA) is 172 Å². The molecule has 0 saturated heterocycles. The monoisotopic (exact) mass is 784 g/mol. The molecule has 0 bridgehead atoms. The minimum atomic E-state index is -4.72. The molecule has 0 amide bonds. The van der Waals surface area contributed by atoms with Crippen molar-refractivity contribution in [2.75, 3.05) is 19.8 Å². The molecule has 11 nitrogen and oxygen atoms in total. The molecule has 0 spiro atoms. The second kappa shape index (κ2) is 37.4. The van der Waals surface area contributed by atoms with E-state index >= 15 is 0 Å². The maximum Gasteiger partial charge on any atom is 0.472 e. The molecule has 0 heterocycles. The SMILES string of the molecule is CCCCCC=CCC=CCC=CCCCCCCC(=O)OC[C@H](COP(=O)(O)OC[C@H](N)C(=O)O)OC(=O)CCCCCCCC=CCCCCCC. The quantitative estimate of drug-likeness (QED) is 0.0235. The number of hydrogen-bond acceptors (Lipinski definition) is 9. The third-order valence-corrected chi connectivity index (χ3v) is 9.50. The number of carboxylic acids is 1. The molecule has 0 aliphatic rings. The Kier molecular flexibility index (Phi) is 35.6. The van der Waals surface area contributed by atoms with Gasteiger partial charge in [0, 0.05) is 12.8 Å². The molecule has 0 aliphatic carbocycles. The van der Waals surface area contributed by atoms with Crippen molar-refractivity contribution in [3.8, 4) is 0 Å². The first-order valence-corrected chi connectivity index (χ1v) is 22.2. The predicted molar refractivity (Wildman–Crippen MR) is 217 cm³/mol. The van der Waals surface area contributed by atoms with Crippen molar-refractivity contribution < 1.29 is 47.5 Å². The molecule has 3 atom stereocenters. The minimum Gasteiger partial charge on any atom is -0.480 e. The second-order valence-electron chi connectivity index (χ2n) is 13.8. The lowest BCUT2D eigenvalue weighted by molar-refractivity contribution is -0.161. The van der Waals surface area contributed by atoms with Gasteiger partial charge in [-0.2, -0.15) is 0 Å². The van der Waals surface area contributed by atoms with Crippen molar-refractivity contribution in [2.45, 2.75) is 180 Å². The van der Waals surface area contributed by atoms with Gasteiger partial charge < -0.3 is 25.2 Å². The van der Waals surface area contributed by atoms with E-state index in [1.165, 1.54) is 44.9 Å². The summed E-state index contributed by atoms with van der Waals surface area (Å²) in [6.07, 6.45) is 40.3. The van der Waals surface area contributed by atoms with Crippen LogP contribution in [-0.2, 0) is 37.5 Å². The normalized spacial score (nSPS) is 14.3. The lowest BCUT2D eigenvalue weighted by Crippen LogP contribution is -2.34. The lowest BCUT2D eigenvalue weighted by Gasteiger charge is -2.20. The molecule has 0 radical (unpaired) electrons. The van der Waals surface area contributed by atoms with Gasteiger partial charge in [0.2, 0.25) is 0 Å². The van der Waals surface area contributed by atoms with Gasteiger partial charge in [0.15, 0.2) is 6.10 Å². The first-order valence-electron chi connectivity index (χ1n) is 20.7. The zero-order chi connectivity index (χ0) is 40.0. The van der Waals surface area contributed by atoms with Gasteiger partial charge in [-0.15, -0.1) is 0 Å². The molecule has 1 unspecified atom stereocenters. The van der Waals surface area contributed by atoms with Gasteiger partial charge in [0.25, 0.3) is 0 Å². The van der Waals surface area contributed by atoms with Crippen molar-refractivity contribution >= 4 is 25.7 Å². The number of carbonyl (C=O) groups is 3. The van der Waals surface area contributed by atoms with E-state index in [0.29, 0.717) is 12.8 Å². The average Bonchev–Trinajstić information content (AvgIpc) is 3.14. The Labute approximate surface area is 326 Å². The van der Waals surface area contributed by atoms with E-state index in [1.54, 1.807) is 0 Å². The van der Waals surface area contributed by atoms with Crippen LogP contribution in [0.1, 0.15) is 168 Å². The number of unbranched alkanes of at least 4 members (excludes halogenated alkanes) is 16. The van der Waals surface area contributed by atoms with E-state index in [-0.39, 0.29) is 19.4 Å². The summed E-state index contributed by atoms with van der Waals surface area (Å²) in [5.41, 5.74) is 5.32. The number of rotatable bonds is 38. The van der Waals surface area contributed by atoms with Crippen molar-refractivity contribution in [3.05, 3.63) is 48.6 Å². The van der Waals surface area contributed by atoms with E-state index in [4.69, 9.17) is 24.8 Å². The van der Waals surface area contributed by atoms with Crippen LogP contribution in [0.3, 0.4) is 0 Å². The Morgan fingerprint density at radius 1 is 0.574 bits per heavy atom. The van der Waals surface area contributed by atoms with Gasteiger partial charge in [-0.3, -0.25) is 23.4 Å². The largest absolute Gasteiger partial charge is 0.480 e. The number of esters is 2. The fourth-order valence-electron chi connectivity index (χ4n) is 5.24. The number of aliphatic carboxylic acids is 1. The predicted octanol–water partition coefficient (Wildman–Crippen LogP) is 10.6. The summed E-state index contributed by atoms with van der Waals surface area (Å²) in [6.45, 7) is 2.71. The summed E-state index contributed by atoms with van der Waals surface area (Å²) in [4.78, 5) is 45.8. The fourth-order valence-corrected chi connectivity index (χ4v) is 6.02. The zero-order valence-electron chi connectivity index (χ0n) is 33.6. The Balaban J connectivity index is 4.45. The second-order valence-corrected chi connectivity index (χ2v) is 15.2. The lowest BCUT2D eigenvalue weighted by atomic mass is 10.1. The Bertz CT molecular complexity index is 1110. The van der Waals surface area contributed by atoms with Crippen LogP contribution in [0.5, 0.6) is 0 Å². The highest BCUT2D eigenvalue weighted by Gasteiger charge is 2.28. The van der Waals surface area contributed by atoms with Crippen LogP contribution in [0.25, 0.3) is 0 Å². The van der Waals surface area contributed by atoms with Crippen LogP contribution in [-0.4, -0.2) is 59.9 Å². The summed E-state index contributed by atoms with van der Waals surface area (Å²) >= 11 is 0. The van der Waals surface area contributed by atoms with E-state index in [1.807, 2.05) is 0 Å². The highest BCUT2D eigenvalue weighted by Crippen LogP contribution is 2.43. The summed E-state index contributed by atoms with van der Waals surface area (Å²) in [7, 11) is -4.72. The molecular weight excluding hydrogens is 709 g/mol. The van der Waals surface area contributed by atoms with Gasteiger partial charge >= 0.3 is 25.7 Å². The Morgan fingerprint density at radius 3 is 1.52 bits per heavy atom. The number of allylic oxidation sites excluding steroid dienone is 8. The molecule has 0 rings (SSSR count). The fraction of sp³-hybridized carbons (Fsp3) is 0.738. The number of carboxylic acid groups (broad SMARTS) is 1. The van der Waals surface area contributed by atoms with Crippen LogP contribution in [0.4, 0.5) is 0 Å². The number of phosphoric acid groups is 1. The summed E-state index contributed by atoms with van der Waals surface area (Å²) < 4.78 is 32.6. The molecule has 0 saturated carbocycles. The number of nitrogens with two attached hydrogens (primary N) is 1. The first-order chi connectivity index (χ1) is 26.1. The van der Waals surface area contributed by atoms with Gasteiger partial charge in [0.05, 0.1) is 13.2 Å². The summed E-state index contributed by atoms with van der Waals surface area (Å²) in [6, 6.07) is -1.53. The van der Waals surface area contributed by atoms with Crippen LogP contribution in [0.15, 0.2) is 48.6 Å². The summed E-state index contributed by atoms with van der Waals surface area (Å²) in [5.74, 6) is -2.42. The number of ether oxygens (including phenoxy) is 2. The molecule has 0 aromatic rings. The van der Waals surface area contributed by atoms with E-state index in [9.17, 15) is 23.8 Å². The van der Waals surface area contributed by atoms with Gasteiger partial charge in [-0.25, -0.2) is 4.57 Å². The molecule has 0 aromatic heterocycles. The smallest absolute Gasteiger partial charge is 0.472 e. The molecule has 12 heteroatoms. The average molecular weight is 784 g/mol. The number of carbonyl (C=O) groups excluding carboxylic acids is 2. The van der Waals surface area contributed by atoms with Crippen LogP contribution in [0, 0.1) is 0 Å². The van der Waals surface area contributed by atoms with Crippen LogP contribution >= 0.6 is 7.82 Å².